The zero-order valence-electron chi connectivity index (χ0n) is 35.0. The first kappa shape index (κ1) is 50.3. The van der Waals surface area contributed by atoms with E-state index >= 15 is 0 Å². The maximum atomic E-state index is 13.2. The highest BCUT2D eigenvalue weighted by Crippen LogP contribution is 2.10. The molecule has 0 radical (unpaired) electrons. The zero-order valence-corrected chi connectivity index (χ0v) is 35.0. The monoisotopic (exact) mass is 732 g/mol. The highest BCUT2D eigenvalue weighted by Gasteiger charge is 2.24. The Balaban J connectivity index is 3.99. The first-order valence-corrected chi connectivity index (χ1v) is 21.9. The molecule has 6 heteroatoms. The van der Waals surface area contributed by atoms with E-state index in [0.29, 0.717) is 43.9 Å². The molecular weight excluding hydrogens is 645 g/mol. The number of hydrogen-bond acceptors (Lipinski definition) is 4. The molecule has 0 aromatic rings. The van der Waals surface area contributed by atoms with Gasteiger partial charge in [0.25, 0.3) is 5.91 Å². The molecule has 6 nitrogen and oxygen atoms in total. The fraction of sp³-hybridized carbons (Fsp3) is 0.804. The van der Waals surface area contributed by atoms with Gasteiger partial charge in [-0.05, 0) is 77.0 Å². The van der Waals surface area contributed by atoms with Gasteiger partial charge in [0, 0.05) is 26.3 Å². The van der Waals surface area contributed by atoms with E-state index in [2.05, 4.69) is 62.5 Å². The Kier molecular flexibility index (Phi) is 39.1. The molecule has 1 amide bonds. The van der Waals surface area contributed by atoms with Crippen molar-refractivity contribution in [2.45, 2.75) is 168 Å². The Morgan fingerprint density at radius 1 is 0.519 bits per heavy atom. The molecule has 0 aromatic heterocycles. The summed E-state index contributed by atoms with van der Waals surface area (Å²) in [4.78, 5) is 15.1. The third-order valence-corrected chi connectivity index (χ3v) is 9.61. The number of quaternary nitrogens is 1. The Morgan fingerprint density at radius 2 is 0.885 bits per heavy atom. The van der Waals surface area contributed by atoms with Gasteiger partial charge in [-0.15, -0.1) is 0 Å². The lowest BCUT2D eigenvalue weighted by molar-refractivity contribution is -0.883. The second-order valence-corrected chi connectivity index (χ2v) is 15.3. The van der Waals surface area contributed by atoms with Gasteiger partial charge in [0.2, 0.25) is 0 Å². The number of likely N-dealkylation sites (N-methyl/N-ethyl adjacent to an activating group) is 1. The van der Waals surface area contributed by atoms with E-state index in [1.807, 2.05) is 19.0 Å². The molecule has 0 aliphatic rings. The summed E-state index contributed by atoms with van der Waals surface area (Å²) in [7, 11) is 3.99. The number of amides is 1. The lowest BCUT2D eigenvalue weighted by atomic mass is 10.1. The molecular formula is C46H87N2O4+. The van der Waals surface area contributed by atoms with Crippen molar-refractivity contribution < 1.29 is 23.9 Å². The highest BCUT2D eigenvalue weighted by molar-refractivity contribution is 5.77. The minimum absolute atomic E-state index is 0.0782. The van der Waals surface area contributed by atoms with Crippen LogP contribution in [0.5, 0.6) is 0 Å². The van der Waals surface area contributed by atoms with Crippen LogP contribution in [-0.2, 0) is 14.3 Å². The minimum Gasteiger partial charge on any atom is -0.391 e. The van der Waals surface area contributed by atoms with E-state index < -0.39 is 0 Å². The lowest BCUT2D eigenvalue weighted by Crippen LogP contribution is -2.51. The summed E-state index contributed by atoms with van der Waals surface area (Å²) in [5, 5.41) is 9.42. The second kappa shape index (κ2) is 40.5. The maximum absolute atomic E-state index is 13.2. The van der Waals surface area contributed by atoms with Crippen molar-refractivity contribution in [1.82, 2.24) is 4.90 Å². The van der Waals surface area contributed by atoms with E-state index in [-0.39, 0.29) is 12.5 Å². The molecule has 52 heavy (non-hydrogen) atoms. The summed E-state index contributed by atoms with van der Waals surface area (Å²) >= 11 is 0. The van der Waals surface area contributed by atoms with Crippen LogP contribution >= 0.6 is 0 Å². The van der Waals surface area contributed by atoms with Gasteiger partial charge >= 0.3 is 0 Å². The fourth-order valence-electron chi connectivity index (χ4n) is 6.12. The number of allylic oxidation sites excluding steroid dienone is 8. The van der Waals surface area contributed by atoms with Crippen molar-refractivity contribution in [3.05, 3.63) is 48.6 Å². The van der Waals surface area contributed by atoms with Crippen LogP contribution in [0.1, 0.15) is 168 Å². The van der Waals surface area contributed by atoms with Crippen LogP contribution in [0.3, 0.4) is 0 Å². The van der Waals surface area contributed by atoms with Gasteiger partial charge in [-0.3, -0.25) is 4.79 Å². The van der Waals surface area contributed by atoms with Gasteiger partial charge in [-0.25, -0.2) is 0 Å². The number of unbranched alkanes of at least 4 members (excludes halogenated alkanes) is 18. The molecule has 0 unspecified atom stereocenters. The predicted octanol–water partition coefficient (Wildman–Crippen LogP) is 11.5. The van der Waals surface area contributed by atoms with Crippen LogP contribution in [0, 0.1) is 0 Å². The average molecular weight is 732 g/mol. The van der Waals surface area contributed by atoms with Crippen molar-refractivity contribution in [3.63, 3.8) is 0 Å². The Morgan fingerprint density at radius 3 is 1.27 bits per heavy atom. The molecule has 0 spiro atoms. The first-order valence-electron chi connectivity index (χ1n) is 21.9. The predicted molar refractivity (Wildman–Crippen MR) is 226 cm³/mol. The van der Waals surface area contributed by atoms with Gasteiger partial charge in [0.05, 0.1) is 33.9 Å². The summed E-state index contributed by atoms with van der Waals surface area (Å²) in [6.07, 6.45) is 48.3. The number of carbonyl (C=O) groups excluding carboxylic acids is 1. The SMILES string of the molecule is CCCCC/C=C\C/C=C\CCCCCCCCOCCN(CCOCCCCCCCC/C=C\C/C=C\CCCCC)C(=O)C[N+](C)(C)CCO. The molecule has 0 bridgehead atoms. The third-order valence-electron chi connectivity index (χ3n) is 9.61. The number of ether oxygens (including phenoxy) is 2. The van der Waals surface area contributed by atoms with E-state index in [1.54, 1.807) is 0 Å². The van der Waals surface area contributed by atoms with Crippen molar-refractivity contribution in [2.75, 3.05) is 73.3 Å². The van der Waals surface area contributed by atoms with Gasteiger partial charge in [-0.1, -0.05) is 140 Å². The molecule has 0 fully saturated rings. The summed E-state index contributed by atoms with van der Waals surface area (Å²) < 4.78 is 12.4. The van der Waals surface area contributed by atoms with Gasteiger partial charge in [-0.2, -0.15) is 0 Å². The quantitative estimate of drug-likeness (QED) is 0.0387. The Labute approximate surface area is 323 Å². The second-order valence-electron chi connectivity index (χ2n) is 15.3. The van der Waals surface area contributed by atoms with E-state index in [9.17, 15) is 9.90 Å². The number of aliphatic hydroxyl groups excluding tert-OH is 1. The van der Waals surface area contributed by atoms with Gasteiger partial charge in [0.1, 0.15) is 6.54 Å². The molecule has 1 N–H and O–H groups in total. The molecule has 0 aliphatic heterocycles. The van der Waals surface area contributed by atoms with Crippen molar-refractivity contribution in [3.8, 4) is 0 Å². The summed E-state index contributed by atoms with van der Waals surface area (Å²) in [5.41, 5.74) is 0. The lowest BCUT2D eigenvalue weighted by Gasteiger charge is -2.31. The number of hydrogen-bond donors (Lipinski definition) is 1. The van der Waals surface area contributed by atoms with Crippen molar-refractivity contribution >= 4 is 5.91 Å². The highest BCUT2D eigenvalue weighted by atomic mass is 16.5. The molecule has 0 aromatic carbocycles. The van der Waals surface area contributed by atoms with E-state index in [0.717, 1.165) is 38.9 Å². The van der Waals surface area contributed by atoms with E-state index in [4.69, 9.17) is 9.47 Å². The van der Waals surface area contributed by atoms with Crippen LogP contribution < -0.4 is 0 Å². The van der Waals surface area contributed by atoms with Gasteiger partial charge in [0.15, 0.2) is 6.54 Å². The molecule has 0 saturated carbocycles. The normalized spacial score (nSPS) is 12.5. The Bertz CT molecular complexity index is 812. The number of carbonyl (C=O) groups is 1. The largest absolute Gasteiger partial charge is 0.391 e. The standard InChI is InChI=1S/C46H87N2O4/c1-5-7-9-11-13-15-17-19-21-23-25-27-29-31-33-35-41-51-43-37-47(46(50)45-48(3,4)39-40-49)38-44-52-42-36-34-32-30-28-26-24-22-20-18-16-14-12-10-8-6-2/h13-16,19-22,49H,5-12,17-18,23-45H2,1-4H3/q+1/b15-13-,16-14-,21-19-,22-20-. The zero-order chi connectivity index (χ0) is 38.1. The number of aliphatic hydroxyl groups is 1. The van der Waals surface area contributed by atoms with Crippen LogP contribution in [0.15, 0.2) is 48.6 Å². The third kappa shape index (κ3) is 38.0. The maximum Gasteiger partial charge on any atom is 0.277 e. The van der Waals surface area contributed by atoms with Crippen molar-refractivity contribution in [1.29, 1.82) is 0 Å². The fourth-order valence-corrected chi connectivity index (χ4v) is 6.12. The molecule has 0 atom stereocenters. The summed E-state index contributed by atoms with van der Waals surface area (Å²) in [5.74, 6) is 0.105. The minimum atomic E-state index is 0.0782. The van der Waals surface area contributed by atoms with Crippen LogP contribution in [-0.4, -0.2) is 93.7 Å². The molecule has 0 aliphatic carbocycles. The smallest absolute Gasteiger partial charge is 0.277 e. The summed E-state index contributed by atoms with van der Waals surface area (Å²) in [6.45, 7) is 9.34. The molecule has 0 saturated heterocycles. The van der Waals surface area contributed by atoms with Crippen LogP contribution in [0.2, 0.25) is 0 Å². The van der Waals surface area contributed by atoms with Gasteiger partial charge < -0.3 is 24.0 Å². The Hall–Kier alpha value is -1.73. The first-order chi connectivity index (χ1) is 25.5. The molecule has 0 rings (SSSR count). The van der Waals surface area contributed by atoms with Crippen LogP contribution in [0.4, 0.5) is 0 Å². The number of nitrogens with zero attached hydrogens (tertiary/aromatic N) is 2. The average Bonchev–Trinajstić information content (AvgIpc) is 3.12. The topological polar surface area (TPSA) is 59.0 Å². The van der Waals surface area contributed by atoms with Crippen molar-refractivity contribution in [2.24, 2.45) is 0 Å². The number of rotatable bonds is 40. The molecule has 0 heterocycles. The van der Waals surface area contributed by atoms with E-state index in [1.165, 1.54) is 128 Å². The summed E-state index contributed by atoms with van der Waals surface area (Å²) in [6, 6.07) is 0. The molecule has 304 valence electrons. The van der Waals surface area contributed by atoms with Crippen LogP contribution in [0.25, 0.3) is 0 Å².